The molecule has 0 fully saturated rings. The lowest BCUT2D eigenvalue weighted by molar-refractivity contribution is 0.223. The van der Waals surface area contributed by atoms with Gasteiger partial charge in [-0.2, -0.15) is 0 Å². The number of alkyl halides is 1. The van der Waals surface area contributed by atoms with Crippen molar-refractivity contribution in [3.63, 3.8) is 0 Å². The van der Waals surface area contributed by atoms with E-state index in [9.17, 15) is 4.39 Å². The van der Waals surface area contributed by atoms with E-state index < -0.39 is 6.17 Å². The second-order valence-electron chi connectivity index (χ2n) is 5.11. The number of halogens is 1. The van der Waals surface area contributed by atoms with Crippen LogP contribution < -0.4 is 0 Å². The lowest BCUT2D eigenvalue weighted by Gasteiger charge is -2.23. The third kappa shape index (κ3) is 6.63. The minimum absolute atomic E-state index is 0.340. The minimum atomic E-state index is -0.595. The van der Waals surface area contributed by atoms with Crippen LogP contribution in [0.2, 0.25) is 0 Å². The van der Waals surface area contributed by atoms with E-state index in [1.54, 1.807) is 0 Å². The summed E-state index contributed by atoms with van der Waals surface area (Å²) in [6.07, 6.45) is 1.91. The Balaban J connectivity index is 3.66. The average molecular weight is 174 g/mol. The second-order valence-corrected chi connectivity index (χ2v) is 5.11. The maximum atomic E-state index is 13.0. The van der Waals surface area contributed by atoms with Gasteiger partial charge in [0.25, 0.3) is 0 Å². The average Bonchev–Trinajstić information content (AvgIpc) is 1.82. The molecule has 0 amide bonds. The van der Waals surface area contributed by atoms with E-state index in [0.717, 1.165) is 12.8 Å². The summed E-state index contributed by atoms with van der Waals surface area (Å²) in [5.74, 6) is 0.514. The van der Waals surface area contributed by atoms with E-state index in [2.05, 4.69) is 27.7 Å². The summed E-state index contributed by atoms with van der Waals surface area (Å²) in [7, 11) is 0. The van der Waals surface area contributed by atoms with Crippen LogP contribution in [-0.2, 0) is 0 Å². The fraction of sp³-hybridized carbons (Fsp3) is 1.00. The van der Waals surface area contributed by atoms with Crippen molar-refractivity contribution in [2.75, 3.05) is 0 Å². The lowest BCUT2D eigenvalue weighted by Crippen LogP contribution is -2.14. The van der Waals surface area contributed by atoms with Gasteiger partial charge in [-0.3, -0.25) is 0 Å². The van der Waals surface area contributed by atoms with Crippen molar-refractivity contribution in [2.24, 2.45) is 11.3 Å². The molecule has 0 saturated heterocycles. The zero-order valence-electron chi connectivity index (χ0n) is 9.15. The highest BCUT2D eigenvalue weighted by Gasteiger charge is 2.17. The molecule has 12 heavy (non-hydrogen) atoms. The molecule has 0 aromatic rings. The van der Waals surface area contributed by atoms with E-state index in [-0.39, 0.29) is 0 Å². The van der Waals surface area contributed by atoms with E-state index in [1.165, 1.54) is 0 Å². The van der Waals surface area contributed by atoms with Crippen molar-refractivity contribution < 1.29 is 4.39 Å². The normalized spacial score (nSPS) is 17.5. The third-order valence-corrected chi connectivity index (χ3v) is 2.06. The smallest absolute Gasteiger partial charge is 0.100 e. The quantitative estimate of drug-likeness (QED) is 0.599. The molecule has 0 N–H and O–H groups in total. The van der Waals surface area contributed by atoms with Crippen molar-refractivity contribution in [1.29, 1.82) is 0 Å². The molecule has 0 aromatic carbocycles. The van der Waals surface area contributed by atoms with Gasteiger partial charge in [0.15, 0.2) is 0 Å². The van der Waals surface area contributed by atoms with Gasteiger partial charge in [-0.05, 0) is 30.6 Å². The van der Waals surface area contributed by atoms with E-state index in [4.69, 9.17) is 0 Å². The van der Waals surface area contributed by atoms with Crippen LogP contribution in [0.4, 0.5) is 4.39 Å². The first kappa shape index (κ1) is 11.9. The fourth-order valence-electron chi connectivity index (χ4n) is 1.73. The highest BCUT2D eigenvalue weighted by molar-refractivity contribution is 4.68. The van der Waals surface area contributed by atoms with Crippen molar-refractivity contribution in [3.8, 4) is 0 Å². The highest BCUT2D eigenvalue weighted by Crippen LogP contribution is 2.27. The molecule has 0 aliphatic carbocycles. The highest BCUT2D eigenvalue weighted by atomic mass is 19.1. The maximum absolute atomic E-state index is 13.0. The van der Waals surface area contributed by atoms with Gasteiger partial charge in [0.05, 0.1) is 0 Å². The first-order valence-corrected chi connectivity index (χ1v) is 4.99. The van der Waals surface area contributed by atoms with Gasteiger partial charge in [-0.25, -0.2) is 4.39 Å². The maximum Gasteiger partial charge on any atom is 0.100 e. The Hall–Kier alpha value is -0.0700. The van der Waals surface area contributed by atoms with Crippen molar-refractivity contribution >= 4 is 0 Å². The molecule has 0 heterocycles. The van der Waals surface area contributed by atoms with Gasteiger partial charge >= 0.3 is 0 Å². The summed E-state index contributed by atoms with van der Waals surface area (Å²) in [6, 6.07) is 0. The summed E-state index contributed by atoms with van der Waals surface area (Å²) in [5, 5.41) is 0. The van der Waals surface area contributed by atoms with Crippen LogP contribution in [0, 0.1) is 11.3 Å². The van der Waals surface area contributed by atoms with Crippen LogP contribution in [0.15, 0.2) is 0 Å². The molecular weight excluding hydrogens is 151 g/mol. The van der Waals surface area contributed by atoms with Gasteiger partial charge < -0.3 is 0 Å². The zero-order chi connectivity index (χ0) is 9.78. The summed E-state index contributed by atoms with van der Waals surface area (Å²) >= 11 is 0. The first-order valence-electron chi connectivity index (χ1n) is 4.99. The number of hydrogen-bond acceptors (Lipinski definition) is 0. The van der Waals surface area contributed by atoms with Gasteiger partial charge in [0.1, 0.15) is 6.17 Å². The van der Waals surface area contributed by atoms with Crippen LogP contribution in [0.3, 0.4) is 0 Å². The molecule has 2 atom stereocenters. The summed E-state index contributed by atoms with van der Waals surface area (Å²) in [6.45, 7) is 10.7. The topological polar surface area (TPSA) is 0 Å². The van der Waals surface area contributed by atoms with E-state index in [1.807, 2.05) is 6.92 Å². The Morgan fingerprint density at radius 1 is 1.25 bits per heavy atom. The third-order valence-electron chi connectivity index (χ3n) is 2.06. The van der Waals surface area contributed by atoms with Gasteiger partial charge in [-0.15, -0.1) is 0 Å². The van der Waals surface area contributed by atoms with Crippen LogP contribution in [0.1, 0.15) is 53.9 Å². The molecule has 0 aromatic heterocycles. The molecule has 0 radical (unpaired) electrons. The van der Waals surface area contributed by atoms with E-state index in [0.29, 0.717) is 17.8 Å². The van der Waals surface area contributed by atoms with Gasteiger partial charge in [-0.1, -0.05) is 34.6 Å². The molecule has 0 aliphatic heterocycles. The SMILES string of the molecule is CC[C@H](F)CC(C)CC(C)(C)C. The number of rotatable bonds is 4. The predicted octanol–water partition coefficient (Wildman–Crippen LogP) is 4.20. The Bertz CT molecular complexity index is 113. The predicted molar refractivity (Wildman–Crippen MR) is 53.0 cm³/mol. The van der Waals surface area contributed by atoms with Crippen LogP contribution in [0.25, 0.3) is 0 Å². The number of hydrogen-bond donors (Lipinski definition) is 0. The molecule has 74 valence electrons. The minimum Gasteiger partial charge on any atom is -0.247 e. The first-order chi connectivity index (χ1) is 5.35. The molecule has 0 aliphatic rings. The molecule has 0 nitrogen and oxygen atoms in total. The van der Waals surface area contributed by atoms with Crippen molar-refractivity contribution in [2.45, 2.75) is 60.1 Å². The molecule has 1 unspecified atom stereocenters. The molecule has 0 bridgehead atoms. The van der Waals surface area contributed by atoms with Crippen LogP contribution >= 0.6 is 0 Å². The summed E-state index contributed by atoms with van der Waals surface area (Å²) < 4.78 is 13.0. The van der Waals surface area contributed by atoms with Gasteiger partial charge in [0, 0.05) is 0 Å². The Morgan fingerprint density at radius 3 is 2.08 bits per heavy atom. The largest absolute Gasteiger partial charge is 0.247 e. The standard InChI is InChI=1S/C11H23F/c1-6-10(12)7-9(2)8-11(3,4)5/h9-10H,6-8H2,1-5H3/t9?,10-/m0/s1. The lowest BCUT2D eigenvalue weighted by atomic mass is 9.83. The van der Waals surface area contributed by atoms with E-state index >= 15 is 0 Å². The summed E-state index contributed by atoms with van der Waals surface area (Å²) in [4.78, 5) is 0. The molecule has 0 spiro atoms. The summed E-state index contributed by atoms with van der Waals surface area (Å²) in [5.41, 5.74) is 0.340. The Labute approximate surface area is 76.6 Å². The Kier molecular flexibility index (Phi) is 4.81. The van der Waals surface area contributed by atoms with Gasteiger partial charge in [0.2, 0.25) is 0 Å². The molecule has 0 rings (SSSR count). The Morgan fingerprint density at radius 2 is 1.75 bits per heavy atom. The van der Waals surface area contributed by atoms with Crippen LogP contribution in [-0.4, -0.2) is 6.17 Å². The molecule has 0 saturated carbocycles. The van der Waals surface area contributed by atoms with Crippen molar-refractivity contribution in [3.05, 3.63) is 0 Å². The van der Waals surface area contributed by atoms with Crippen molar-refractivity contribution in [1.82, 2.24) is 0 Å². The zero-order valence-corrected chi connectivity index (χ0v) is 9.15. The monoisotopic (exact) mass is 174 g/mol. The fourth-order valence-corrected chi connectivity index (χ4v) is 1.73. The molecular formula is C11H23F. The second kappa shape index (κ2) is 4.84. The molecule has 1 heteroatoms. The van der Waals surface area contributed by atoms with Crippen LogP contribution in [0.5, 0.6) is 0 Å².